The largest absolute Gasteiger partial charge is 0.418 e. The minimum Gasteiger partial charge on any atom is -0.397 e. The average molecular weight is 741 g/mol. The molecular formula is C32H41BrF3N7O3S. The summed E-state index contributed by atoms with van der Waals surface area (Å²) in [4.78, 5) is 48.0. The molecule has 4 aliphatic heterocycles. The van der Waals surface area contributed by atoms with Gasteiger partial charge >= 0.3 is 18.2 Å². The van der Waals surface area contributed by atoms with E-state index < -0.39 is 29.5 Å². The van der Waals surface area contributed by atoms with Crippen molar-refractivity contribution in [3.05, 3.63) is 44.1 Å². The number of halogens is 4. The predicted molar refractivity (Wildman–Crippen MR) is 178 cm³/mol. The Balaban J connectivity index is 1.13. The van der Waals surface area contributed by atoms with Crippen LogP contribution in [0.15, 0.2) is 27.4 Å². The highest BCUT2D eigenvalue weighted by molar-refractivity contribution is 9.10. The number of urea groups is 2. The summed E-state index contributed by atoms with van der Waals surface area (Å²) in [5.41, 5.74) is 6.48. The normalized spacial score (nSPS) is 20.9. The molecule has 0 bridgehead atoms. The molecule has 2 aromatic rings. The van der Waals surface area contributed by atoms with Gasteiger partial charge in [-0.1, -0.05) is 6.42 Å². The number of thiophene rings is 1. The van der Waals surface area contributed by atoms with E-state index in [0.29, 0.717) is 51.6 Å². The van der Waals surface area contributed by atoms with Gasteiger partial charge in [-0.05, 0) is 90.6 Å². The van der Waals surface area contributed by atoms with Gasteiger partial charge in [0.05, 0.1) is 23.5 Å². The monoisotopic (exact) mass is 739 g/mol. The van der Waals surface area contributed by atoms with Crippen LogP contribution in [0, 0.1) is 0 Å². The van der Waals surface area contributed by atoms with Gasteiger partial charge in [-0.2, -0.15) is 13.2 Å². The number of piperidine rings is 3. The maximum absolute atomic E-state index is 14.0. The van der Waals surface area contributed by atoms with Gasteiger partial charge in [0.2, 0.25) is 5.91 Å². The van der Waals surface area contributed by atoms with Crippen molar-refractivity contribution < 1.29 is 27.6 Å². The summed E-state index contributed by atoms with van der Waals surface area (Å²) in [7, 11) is 0. The van der Waals surface area contributed by atoms with E-state index in [9.17, 15) is 27.6 Å². The highest BCUT2D eigenvalue weighted by atomic mass is 79.9. The van der Waals surface area contributed by atoms with E-state index in [1.165, 1.54) is 36.7 Å². The molecule has 1 aromatic carbocycles. The van der Waals surface area contributed by atoms with Crippen molar-refractivity contribution in [3.63, 3.8) is 0 Å². The third-order valence-electron chi connectivity index (χ3n) is 9.99. The van der Waals surface area contributed by atoms with Crippen LogP contribution in [0.5, 0.6) is 0 Å². The van der Waals surface area contributed by atoms with E-state index in [4.69, 9.17) is 5.73 Å². The summed E-state index contributed by atoms with van der Waals surface area (Å²) in [5, 5.41) is 9.75. The molecule has 4 N–H and O–H groups in total. The minimum atomic E-state index is -4.68. The maximum Gasteiger partial charge on any atom is 0.418 e. The van der Waals surface area contributed by atoms with Crippen molar-refractivity contribution in [1.82, 2.24) is 24.9 Å². The Morgan fingerprint density at radius 3 is 2.32 bits per heavy atom. The molecule has 1 aromatic heterocycles. The molecule has 5 amide bonds. The zero-order chi connectivity index (χ0) is 33.3. The fourth-order valence-corrected chi connectivity index (χ4v) is 8.62. The lowest BCUT2D eigenvalue weighted by atomic mass is 9.97. The molecular weight excluding hydrogens is 699 g/mol. The first-order chi connectivity index (χ1) is 22.5. The van der Waals surface area contributed by atoms with Crippen molar-refractivity contribution in [1.29, 1.82) is 0 Å². The van der Waals surface area contributed by atoms with Gasteiger partial charge in [-0.15, -0.1) is 11.3 Å². The van der Waals surface area contributed by atoms with Crippen LogP contribution in [0.25, 0.3) is 0 Å². The van der Waals surface area contributed by atoms with Crippen molar-refractivity contribution in [2.75, 3.05) is 50.3 Å². The summed E-state index contributed by atoms with van der Waals surface area (Å²) in [6.07, 6.45) is 1.60. The van der Waals surface area contributed by atoms with E-state index in [2.05, 4.69) is 31.5 Å². The molecule has 6 rings (SSSR count). The Morgan fingerprint density at radius 2 is 1.64 bits per heavy atom. The Bertz CT molecular complexity index is 1470. The number of benzene rings is 1. The van der Waals surface area contributed by atoms with E-state index in [0.717, 1.165) is 43.2 Å². The minimum absolute atomic E-state index is 0.0429. The molecule has 5 heterocycles. The van der Waals surface area contributed by atoms with Crippen LogP contribution in [0.1, 0.15) is 61.6 Å². The fourth-order valence-electron chi connectivity index (χ4n) is 7.33. The molecule has 10 nitrogen and oxygen atoms in total. The smallest absolute Gasteiger partial charge is 0.397 e. The number of nitrogen functional groups attached to an aromatic ring is 1. The Hall–Kier alpha value is -3.04. The molecule has 0 spiro atoms. The number of fused-ring (bicyclic) bond motifs is 1. The zero-order valence-corrected chi connectivity index (χ0v) is 28.6. The number of hydrogen-bond donors (Lipinski definition) is 3. The average Bonchev–Trinajstić information content (AvgIpc) is 3.52. The molecule has 15 heteroatoms. The predicted octanol–water partition coefficient (Wildman–Crippen LogP) is 5.72. The SMILES string of the molecule is Nc1c(Br)cc(C[C@@H](NC(=O)N2CCC(N3Cc4cscc4NC3=O)CC2)C(=O)N2CCC(N3CCCCC3)CC2)cc1C(F)(F)F. The van der Waals surface area contributed by atoms with Crippen molar-refractivity contribution in [2.45, 2.75) is 82.2 Å². The third-order valence-corrected chi connectivity index (χ3v) is 11.4. The van der Waals surface area contributed by atoms with Gasteiger partial charge in [-0.3, -0.25) is 4.79 Å². The maximum atomic E-state index is 14.0. The van der Waals surface area contributed by atoms with Crippen molar-refractivity contribution in [2.24, 2.45) is 0 Å². The lowest BCUT2D eigenvalue weighted by molar-refractivity contribution is -0.137. The number of carbonyl (C=O) groups is 3. The first-order valence-corrected chi connectivity index (χ1v) is 18.1. The van der Waals surface area contributed by atoms with Gasteiger partial charge in [-0.25, -0.2) is 9.59 Å². The highest BCUT2D eigenvalue weighted by Crippen LogP contribution is 2.38. The van der Waals surface area contributed by atoms with E-state index in [-0.39, 0.29) is 34.4 Å². The standard InChI is InChI=1S/C32H41BrF3N7O3S/c33-25-15-20(14-24(28(25)37)32(34,35)36)16-26(29(44)41-10-4-22(5-11-41)40-8-2-1-3-9-40)38-30(45)42-12-6-23(7-13-42)43-17-21-18-47-19-27(21)39-31(43)46/h14-15,18-19,22-23,26H,1-13,16-17,37H2,(H,38,45)(H,39,46)/t26-/m1/s1. The molecule has 0 aliphatic carbocycles. The second-order valence-electron chi connectivity index (χ2n) is 13.0. The molecule has 47 heavy (non-hydrogen) atoms. The number of alkyl halides is 3. The Labute approximate surface area is 284 Å². The van der Waals surface area contributed by atoms with Crippen molar-refractivity contribution in [3.8, 4) is 0 Å². The second kappa shape index (κ2) is 14.2. The van der Waals surface area contributed by atoms with E-state index >= 15 is 0 Å². The first-order valence-electron chi connectivity index (χ1n) is 16.3. The lowest BCUT2D eigenvalue weighted by Gasteiger charge is -2.41. The molecule has 0 radical (unpaired) electrons. The van der Waals surface area contributed by atoms with Gasteiger partial charge in [0, 0.05) is 60.1 Å². The summed E-state index contributed by atoms with van der Waals surface area (Å²) in [5.74, 6) is -0.302. The highest BCUT2D eigenvalue weighted by Gasteiger charge is 2.37. The topological polar surface area (TPSA) is 114 Å². The summed E-state index contributed by atoms with van der Waals surface area (Å²) < 4.78 is 41.5. The van der Waals surface area contributed by atoms with E-state index in [1.54, 1.807) is 14.7 Å². The third kappa shape index (κ3) is 7.67. The number of nitrogens with two attached hydrogens (primary N) is 1. The number of rotatable bonds is 6. The van der Waals surface area contributed by atoms with Gasteiger partial charge in [0.25, 0.3) is 0 Å². The first kappa shape index (κ1) is 33.8. The lowest BCUT2D eigenvalue weighted by Crippen LogP contribution is -2.57. The van der Waals surface area contributed by atoms with Gasteiger partial charge in [0.1, 0.15) is 6.04 Å². The molecule has 4 aliphatic rings. The Morgan fingerprint density at radius 1 is 0.979 bits per heavy atom. The van der Waals surface area contributed by atoms with Crippen LogP contribution in [0.2, 0.25) is 0 Å². The Kier molecular flexibility index (Phi) is 10.2. The number of nitrogens with zero attached hydrogens (tertiary/aromatic N) is 4. The van der Waals surface area contributed by atoms with Gasteiger partial charge in [0.15, 0.2) is 0 Å². The zero-order valence-electron chi connectivity index (χ0n) is 26.2. The van der Waals surface area contributed by atoms with Crippen LogP contribution < -0.4 is 16.4 Å². The quantitative estimate of drug-likeness (QED) is 0.328. The van der Waals surface area contributed by atoms with Crippen molar-refractivity contribution >= 4 is 56.6 Å². The van der Waals surface area contributed by atoms with Crippen LogP contribution in [0.3, 0.4) is 0 Å². The molecule has 1 atom stereocenters. The van der Waals surface area contributed by atoms with Gasteiger partial charge < -0.3 is 36.0 Å². The molecule has 0 unspecified atom stereocenters. The number of likely N-dealkylation sites (tertiary alicyclic amines) is 3. The second-order valence-corrected chi connectivity index (χ2v) is 14.6. The van der Waals surface area contributed by atoms with E-state index in [1.807, 2.05) is 10.8 Å². The van der Waals surface area contributed by atoms with Crippen LogP contribution in [-0.4, -0.2) is 95.0 Å². The fraction of sp³-hybridized carbons (Fsp3) is 0.594. The summed E-state index contributed by atoms with van der Waals surface area (Å²) >= 11 is 4.69. The number of hydrogen-bond acceptors (Lipinski definition) is 6. The summed E-state index contributed by atoms with van der Waals surface area (Å²) in [6.45, 7) is 4.47. The summed E-state index contributed by atoms with van der Waals surface area (Å²) in [6, 6.07) is 1.15. The molecule has 3 saturated heterocycles. The van der Waals surface area contributed by atoms with Crippen LogP contribution >= 0.6 is 27.3 Å². The molecule has 256 valence electrons. The number of amides is 5. The number of carbonyl (C=O) groups excluding carboxylic acids is 3. The molecule has 3 fully saturated rings. The molecule has 0 saturated carbocycles. The number of anilines is 2. The van der Waals surface area contributed by atoms with Crippen LogP contribution in [0.4, 0.5) is 34.1 Å². The van der Waals surface area contributed by atoms with Crippen LogP contribution in [-0.2, 0) is 23.9 Å². The number of nitrogens with one attached hydrogen (secondary N) is 2.